The molecule has 1 aromatic carbocycles. The molecule has 1 aromatic heterocycles. The van der Waals surface area contributed by atoms with Crippen LogP contribution in [0.3, 0.4) is 0 Å². The fraction of sp³-hybridized carbons (Fsp3) is 0.333. The Bertz CT molecular complexity index is 709. The van der Waals surface area contributed by atoms with Gasteiger partial charge in [-0.25, -0.2) is 18.7 Å². The normalized spacial score (nSPS) is 15.5. The van der Waals surface area contributed by atoms with Crippen molar-refractivity contribution in [2.45, 2.75) is 25.7 Å². The highest BCUT2D eigenvalue weighted by Crippen LogP contribution is 2.28. The van der Waals surface area contributed by atoms with Gasteiger partial charge in [0.25, 0.3) is 0 Å². The zero-order chi connectivity index (χ0) is 16.6. The molecule has 0 fully saturated rings. The van der Waals surface area contributed by atoms with E-state index in [0.29, 0.717) is 17.8 Å². The highest BCUT2D eigenvalue weighted by molar-refractivity contribution is 5.23. The van der Waals surface area contributed by atoms with Crippen molar-refractivity contribution in [3.8, 4) is 0 Å². The maximum atomic E-state index is 13.7. The molecule has 23 heavy (non-hydrogen) atoms. The first-order chi connectivity index (χ1) is 10.8. The molecule has 3 nitrogen and oxygen atoms in total. The fourth-order valence-electron chi connectivity index (χ4n) is 2.55. The Morgan fingerprint density at radius 1 is 1.13 bits per heavy atom. The average Bonchev–Trinajstić information content (AvgIpc) is 2.49. The van der Waals surface area contributed by atoms with E-state index in [0.717, 1.165) is 6.20 Å². The summed E-state index contributed by atoms with van der Waals surface area (Å²) < 4.78 is 65.1. The van der Waals surface area contributed by atoms with Crippen LogP contribution in [0, 0.1) is 11.6 Å². The lowest BCUT2D eigenvalue weighted by Crippen LogP contribution is -2.32. The van der Waals surface area contributed by atoms with Gasteiger partial charge in [0.2, 0.25) is 5.82 Å². The molecule has 0 N–H and O–H groups in total. The summed E-state index contributed by atoms with van der Waals surface area (Å²) in [6.07, 6.45) is -3.17. The molecular weight excluding hydrogens is 317 g/mol. The summed E-state index contributed by atoms with van der Waals surface area (Å²) >= 11 is 0. The molecule has 0 radical (unpaired) electrons. The third-order valence-electron chi connectivity index (χ3n) is 3.71. The number of hydrogen-bond donors (Lipinski definition) is 0. The van der Waals surface area contributed by atoms with Crippen molar-refractivity contribution in [2.24, 2.45) is 0 Å². The van der Waals surface area contributed by atoms with E-state index in [2.05, 4.69) is 9.97 Å². The average molecular weight is 329 g/mol. The SMILES string of the molecule is Fc1cccc(F)c1CN1CCc2nc(C(F)(F)F)ncc2C1. The maximum Gasteiger partial charge on any atom is 0.451 e. The molecule has 8 heteroatoms. The summed E-state index contributed by atoms with van der Waals surface area (Å²) in [5, 5.41) is 0. The molecule has 3 rings (SSSR count). The highest BCUT2D eigenvalue weighted by Gasteiger charge is 2.35. The third kappa shape index (κ3) is 3.31. The van der Waals surface area contributed by atoms with Crippen molar-refractivity contribution >= 4 is 0 Å². The first-order valence-electron chi connectivity index (χ1n) is 6.92. The number of fused-ring (bicyclic) bond motifs is 1. The molecule has 1 aliphatic rings. The largest absolute Gasteiger partial charge is 0.451 e. The van der Waals surface area contributed by atoms with Crippen molar-refractivity contribution in [1.82, 2.24) is 14.9 Å². The van der Waals surface area contributed by atoms with Crippen molar-refractivity contribution in [1.29, 1.82) is 0 Å². The van der Waals surface area contributed by atoms with Gasteiger partial charge in [-0.1, -0.05) is 6.07 Å². The molecule has 0 atom stereocenters. The summed E-state index contributed by atoms with van der Waals surface area (Å²) in [5.41, 5.74) is 0.822. The summed E-state index contributed by atoms with van der Waals surface area (Å²) in [6.45, 7) is 0.662. The fourth-order valence-corrected chi connectivity index (χ4v) is 2.55. The molecule has 0 aliphatic carbocycles. The van der Waals surface area contributed by atoms with Gasteiger partial charge in [0.1, 0.15) is 11.6 Å². The van der Waals surface area contributed by atoms with Crippen LogP contribution in [0.4, 0.5) is 22.0 Å². The lowest BCUT2D eigenvalue weighted by molar-refractivity contribution is -0.145. The van der Waals surface area contributed by atoms with Gasteiger partial charge in [-0.15, -0.1) is 0 Å². The number of halogens is 5. The Morgan fingerprint density at radius 3 is 2.48 bits per heavy atom. The van der Waals surface area contributed by atoms with Gasteiger partial charge in [0.15, 0.2) is 0 Å². The minimum Gasteiger partial charge on any atom is -0.294 e. The van der Waals surface area contributed by atoms with E-state index in [4.69, 9.17) is 0 Å². The van der Waals surface area contributed by atoms with Crippen LogP contribution in [0.15, 0.2) is 24.4 Å². The molecule has 2 heterocycles. The van der Waals surface area contributed by atoms with E-state index in [1.165, 1.54) is 18.2 Å². The molecule has 0 unspecified atom stereocenters. The van der Waals surface area contributed by atoms with Gasteiger partial charge in [0, 0.05) is 43.4 Å². The Kier molecular flexibility index (Phi) is 4.01. The lowest BCUT2D eigenvalue weighted by atomic mass is 10.1. The predicted octanol–water partition coefficient (Wildman–Crippen LogP) is 3.33. The van der Waals surface area contributed by atoms with Gasteiger partial charge in [-0.3, -0.25) is 4.90 Å². The second-order valence-electron chi connectivity index (χ2n) is 5.32. The van der Waals surface area contributed by atoms with Crippen LogP contribution in [0.5, 0.6) is 0 Å². The van der Waals surface area contributed by atoms with Crippen LogP contribution < -0.4 is 0 Å². The van der Waals surface area contributed by atoms with Crippen LogP contribution in [-0.4, -0.2) is 21.4 Å². The molecular formula is C15H12F5N3. The number of rotatable bonds is 2. The van der Waals surface area contributed by atoms with E-state index < -0.39 is 23.6 Å². The number of nitrogens with zero attached hydrogens (tertiary/aromatic N) is 3. The topological polar surface area (TPSA) is 29.0 Å². The summed E-state index contributed by atoms with van der Waals surface area (Å²) in [4.78, 5) is 8.63. The smallest absolute Gasteiger partial charge is 0.294 e. The van der Waals surface area contributed by atoms with Gasteiger partial charge < -0.3 is 0 Å². The second kappa shape index (κ2) is 5.84. The first kappa shape index (κ1) is 15.8. The molecule has 0 saturated carbocycles. The quantitative estimate of drug-likeness (QED) is 0.792. The standard InChI is InChI=1S/C15H12F5N3/c16-11-2-1-3-12(17)10(11)8-23-5-4-13-9(7-23)6-21-14(22-13)15(18,19)20/h1-3,6H,4-5,7-8H2. The molecule has 1 aliphatic heterocycles. The predicted molar refractivity (Wildman–Crippen MR) is 71.2 cm³/mol. The van der Waals surface area contributed by atoms with E-state index >= 15 is 0 Å². The lowest BCUT2D eigenvalue weighted by Gasteiger charge is -2.28. The second-order valence-corrected chi connectivity index (χ2v) is 5.32. The summed E-state index contributed by atoms with van der Waals surface area (Å²) in [5.74, 6) is -2.44. The Morgan fingerprint density at radius 2 is 1.83 bits per heavy atom. The Labute approximate surface area is 128 Å². The minimum absolute atomic E-state index is 0.0406. The van der Waals surface area contributed by atoms with E-state index in [1.54, 1.807) is 4.90 Å². The van der Waals surface area contributed by atoms with Crippen LogP contribution in [0.2, 0.25) is 0 Å². The van der Waals surface area contributed by atoms with Gasteiger partial charge >= 0.3 is 6.18 Å². The maximum absolute atomic E-state index is 13.7. The third-order valence-corrected chi connectivity index (χ3v) is 3.71. The van der Waals surface area contributed by atoms with Gasteiger partial charge in [0.05, 0.1) is 5.69 Å². The van der Waals surface area contributed by atoms with Crippen molar-refractivity contribution in [2.75, 3.05) is 6.54 Å². The van der Waals surface area contributed by atoms with Crippen molar-refractivity contribution in [3.05, 3.63) is 58.7 Å². The number of aromatic nitrogens is 2. The molecule has 0 spiro atoms. The van der Waals surface area contributed by atoms with Gasteiger partial charge in [-0.05, 0) is 12.1 Å². The minimum atomic E-state index is -4.58. The van der Waals surface area contributed by atoms with Crippen LogP contribution >= 0.6 is 0 Å². The Hall–Kier alpha value is -2.09. The number of benzene rings is 1. The van der Waals surface area contributed by atoms with Crippen molar-refractivity contribution in [3.63, 3.8) is 0 Å². The molecule has 122 valence electrons. The first-order valence-corrected chi connectivity index (χ1v) is 6.92. The van der Waals surface area contributed by atoms with Crippen molar-refractivity contribution < 1.29 is 22.0 Å². The molecule has 0 amide bonds. The number of alkyl halides is 3. The van der Waals surface area contributed by atoms with E-state index in [9.17, 15) is 22.0 Å². The van der Waals surface area contributed by atoms with Gasteiger partial charge in [-0.2, -0.15) is 13.2 Å². The zero-order valence-electron chi connectivity index (χ0n) is 11.9. The van der Waals surface area contributed by atoms with Crippen LogP contribution in [0.1, 0.15) is 22.6 Å². The monoisotopic (exact) mass is 329 g/mol. The zero-order valence-corrected chi connectivity index (χ0v) is 11.9. The summed E-state index contributed by atoms with van der Waals surface area (Å²) in [6, 6.07) is 3.64. The summed E-state index contributed by atoms with van der Waals surface area (Å²) in [7, 11) is 0. The van der Waals surface area contributed by atoms with E-state index in [1.807, 2.05) is 0 Å². The molecule has 0 bridgehead atoms. The molecule has 0 saturated heterocycles. The van der Waals surface area contributed by atoms with Crippen LogP contribution in [-0.2, 0) is 25.7 Å². The molecule has 2 aromatic rings. The highest BCUT2D eigenvalue weighted by atomic mass is 19.4. The Balaban J connectivity index is 1.79. The van der Waals surface area contributed by atoms with E-state index in [-0.39, 0.29) is 25.1 Å². The number of hydrogen-bond acceptors (Lipinski definition) is 3. The van der Waals surface area contributed by atoms with Crippen LogP contribution in [0.25, 0.3) is 0 Å².